The van der Waals surface area contributed by atoms with Gasteiger partial charge in [-0.1, -0.05) is 212 Å². The lowest BCUT2D eigenvalue weighted by Gasteiger charge is -2.30. The number of nitrogens with zero attached hydrogens (tertiary/aromatic N) is 2. The predicted molar refractivity (Wildman–Crippen MR) is 278 cm³/mol. The fourth-order valence-corrected chi connectivity index (χ4v) is 11.6. The zero-order valence-electron chi connectivity index (χ0n) is 36.5. The first kappa shape index (κ1) is 37.6. The van der Waals surface area contributed by atoms with E-state index >= 15 is 0 Å². The van der Waals surface area contributed by atoms with Crippen molar-refractivity contribution in [3.63, 3.8) is 0 Å². The minimum Gasteiger partial charge on any atom is -0.228 e. The van der Waals surface area contributed by atoms with E-state index in [-0.39, 0.29) is 0 Å². The van der Waals surface area contributed by atoms with E-state index in [0.717, 1.165) is 50.3 Å². The molecule has 0 atom stereocenters. The molecular formula is C65H40N2. The van der Waals surface area contributed by atoms with E-state index in [1.54, 1.807) is 0 Å². The number of benzene rings is 11. The number of hydrogen-bond acceptors (Lipinski definition) is 2. The van der Waals surface area contributed by atoms with E-state index in [9.17, 15) is 0 Å². The molecule has 0 saturated carbocycles. The summed E-state index contributed by atoms with van der Waals surface area (Å²) in [6.45, 7) is 0. The largest absolute Gasteiger partial charge is 0.228 e. The first-order chi connectivity index (χ1) is 33.2. The Bertz CT molecular complexity index is 3840. The number of fused-ring (bicyclic) bond motifs is 16. The quantitative estimate of drug-likeness (QED) is 0.161. The van der Waals surface area contributed by atoms with Crippen molar-refractivity contribution in [2.24, 2.45) is 0 Å². The molecule has 67 heavy (non-hydrogen) atoms. The first-order valence-corrected chi connectivity index (χ1v) is 23.1. The molecule has 0 unspecified atom stereocenters. The molecule has 0 radical (unpaired) electrons. The maximum Gasteiger partial charge on any atom is 0.160 e. The Morgan fingerprint density at radius 2 is 0.672 bits per heavy atom. The van der Waals surface area contributed by atoms with E-state index in [2.05, 4.69) is 243 Å². The summed E-state index contributed by atoms with van der Waals surface area (Å²) in [6.07, 6.45) is 0. The van der Waals surface area contributed by atoms with E-state index in [1.165, 1.54) is 76.8 Å². The highest BCUT2D eigenvalue weighted by Gasteiger charge is 2.52. The van der Waals surface area contributed by atoms with Gasteiger partial charge in [-0.3, -0.25) is 0 Å². The molecule has 0 N–H and O–H groups in total. The van der Waals surface area contributed by atoms with Crippen LogP contribution in [0.1, 0.15) is 22.3 Å². The molecule has 11 aromatic carbocycles. The highest BCUT2D eigenvalue weighted by Crippen LogP contribution is 2.64. The molecule has 310 valence electrons. The summed E-state index contributed by atoms with van der Waals surface area (Å²) >= 11 is 0. The molecule has 0 fully saturated rings. The Morgan fingerprint density at radius 1 is 0.239 bits per heavy atom. The topological polar surface area (TPSA) is 25.8 Å². The average molecular weight is 849 g/mol. The minimum atomic E-state index is -0.468. The molecule has 0 amide bonds. The normalized spacial score (nSPS) is 12.9. The number of aromatic nitrogens is 2. The first-order valence-electron chi connectivity index (χ1n) is 23.1. The monoisotopic (exact) mass is 848 g/mol. The van der Waals surface area contributed by atoms with Gasteiger partial charge >= 0.3 is 0 Å². The van der Waals surface area contributed by atoms with Crippen molar-refractivity contribution in [1.29, 1.82) is 0 Å². The van der Waals surface area contributed by atoms with Crippen LogP contribution in [-0.2, 0) is 5.41 Å². The second kappa shape index (κ2) is 14.7. The third-order valence-electron chi connectivity index (χ3n) is 14.5. The van der Waals surface area contributed by atoms with Gasteiger partial charge in [0.15, 0.2) is 5.82 Å². The second-order valence-corrected chi connectivity index (χ2v) is 18.0. The van der Waals surface area contributed by atoms with Crippen molar-refractivity contribution >= 4 is 32.3 Å². The van der Waals surface area contributed by atoms with Gasteiger partial charge in [0.05, 0.1) is 16.8 Å². The molecule has 0 bridgehead atoms. The molecule has 2 aliphatic rings. The van der Waals surface area contributed by atoms with Gasteiger partial charge in [0.25, 0.3) is 0 Å². The van der Waals surface area contributed by atoms with Gasteiger partial charge in [0.2, 0.25) is 0 Å². The van der Waals surface area contributed by atoms with Crippen molar-refractivity contribution in [2.75, 3.05) is 0 Å². The molecule has 2 aliphatic carbocycles. The highest BCUT2D eigenvalue weighted by molar-refractivity contribution is 6.25. The summed E-state index contributed by atoms with van der Waals surface area (Å²) in [4.78, 5) is 11.2. The Morgan fingerprint density at radius 3 is 1.27 bits per heavy atom. The summed E-state index contributed by atoms with van der Waals surface area (Å²) in [7, 11) is 0. The summed E-state index contributed by atoms with van der Waals surface area (Å²) in [5.41, 5.74) is 19.2. The lowest BCUT2D eigenvalue weighted by atomic mass is 9.70. The van der Waals surface area contributed by atoms with E-state index in [4.69, 9.17) is 9.97 Å². The van der Waals surface area contributed by atoms with Crippen LogP contribution >= 0.6 is 0 Å². The molecule has 14 rings (SSSR count). The lowest BCUT2D eigenvalue weighted by molar-refractivity contribution is 0.794. The molecule has 0 saturated heterocycles. The van der Waals surface area contributed by atoms with Crippen LogP contribution in [0.25, 0.3) is 111 Å². The van der Waals surface area contributed by atoms with Crippen LogP contribution in [0.2, 0.25) is 0 Å². The van der Waals surface area contributed by atoms with Crippen molar-refractivity contribution in [3.05, 3.63) is 265 Å². The van der Waals surface area contributed by atoms with Gasteiger partial charge in [0.1, 0.15) is 0 Å². The van der Waals surface area contributed by atoms with Crippen molar-refractivity contribution in [1.82, 2.24) is 9.97 Å². The lowest BCUT2D eigenvalue weighted by Crippen LogP contribution is -2.25. The van der Waals surface area contributed by atoms with Crippen LogP contribution in [0.5, 0.6) is 0 Å². The van der Waals surface area contributed by atoms with Crippen LogP contribution in [0.3, 0.4) is 0 Å². The summed E-state index contributed by atoms with van der Waals surface area (Å²) in [5.74, 6) is 0.682. The zero-order chi connectivity index (χ0) is 44.1. The molecular weight excluding hydrogens is 809 g/mol. The Kier molecular flexibility index (Phi) is 8.23. The molecule has 2 heteroatoms. The number of rotatable bonds is 5. The number of hydrogen-bond donors (Lipinski definition) is 0. The predicted octanol–water partition coefficient (Wildman–Crippen LogP) is 16.6. The van der Waals surface area contributed by atoms with Crippen LogP contribution in [-0.4, -0.2) is 9.97 Å². The average Bonchev–Trinajstić information content (AvgIpc) is 3.89. The van der Waals surface area contributed by atoms with Gasteiger partial charge in [-0.25, -0.2) is 9.97 Å². The van der Waals surface area contributed by atoms with Gasteiger partial charge in [0, 0.05) is 16.7 Å². The van der Waals surface area contributed by atoms with Crippen molar-refractivity contribution < 1.29 is 0 Å². The van der Waals surface area contributed by atoms with E-state index in [0.29, 0.717) is 5.82 Å². The molecule has 1 aromatic heterocycles. The molecule has 2 nitrogen and oxygen atoms in total. The fraction of sp³-hybridized carbons (Fsp3) is 0.0154. The minimum absolute atomic E-state index is 0.468. The van der Waals surface area contributed by atoms with Crippen LogP contribution < -0.4 is 0 Å². The summed E-state index contributed by atoms with van der Waals surface area (Å²) in [6, 6.07) is 88.7. The summed E-state index contributed by atoms with van der Waals surface area (Å²) < 4.78 is 0. The van der Waals surface area contributed by atoms with Gasteiger partial charge in [-0.05, 0) is 129 Å². The highest BCUT2D eigenvalue weighted by atomic mass is 14.9. The van der Waals surface area contributed by atoms with Crippen LogP contribution in [0, 0.1) is 0 Å². The van der Waals surface area contributed by atoms with Crippen LogP contribution in [0.4, 0.5) is 0 Å². The van der Waals surface area contributed by atoms with Gasteiger partial charge < -0.3 is 0 Å². The smallest absolute Gasteiger partial charge is 0.160 e. The van der Waals surface area contributed by atoms with E-state index in [1.807, 2.05) is 0 Å². The van der Waals surface area contributed by atoms with Crippen molar-refractivity contribution in [2.45, 2.75) is 5.41 Å². The third kappa shape index (κ3) is 5.57. The molecule has 1 heterocycles. The molecule has 12 aromatic rings. The van der Waals surface area contributed by atoms with Crippen molar-refractivity contribution in [3.8, 4) is 78.4 Å². The third-order valence-corrected chi connectivity index (χ3v) is 14.5. The van der Waals surface area contributed by atoms with Crippen LogP contribution in [0.15, 0.2) is 243 Å². The fourth-order valence-electron chi connectivity index (χ4n) is 11.6. The van der Waals surface area contributed by atoms with Gasteiger partial charge in [-0.15, -0.1) is 0 Å². The zero-order valence-corrected chi connectivity index (χ0v) is 36.5. The SMILES string of the molecule is c1ccc(-c2cc(-c3ccccc3)cc(-c3nc(-c4ccc5c6ccccc6c6ccccc6c5c4)cc(-c4cccc5c4-c4ccccc4C54c5ccccc5-c5ccccc54)n3)c2)cc1. The molecule has 0 aliphatic heterocycles. The van der Waals surface area contributed by atoms with Gasteiger partial charge in [-0.2, -0.15) is 0 Å². The second-order valence-electron chi connectivity index (χ2n) is 18.0. The maximum atomic E-state index is 5.67. The standard InChI is InChI=1S/C65H40N2/c1-3-18-41(19-4-1)44-36-45(42-20-5-2-6-21-42)38-46(37-44)64-66-61(43-34-35-51-49-24-8-7-22-47(49)48-23-9-10-25-50(48)56(51)39-43)40-62(67-64)55-29-17-33-60-63(55)54-28-13-16-32-59(54)65(60)57-30-14-11-26-52(57)53-27-12-15-31-58(53)65/h1-40H. The maximum absolute atomic E-state index is 5.67. The molecule has 1 spiro atoms. The Labute approximate surface area is 389 Å². The Balaban J connectivity index is 1.06. The van der Waals surface area contributed by atoms with E-state index < -0.39 is 5.41 Å². The Hall–Kier alpha value is -8.72. The summed E-state index contributed by atoms with van der Waals surface area (Å²) in [5, 5.41) is 7.44.